The Labute approximate surface area is 272 Å². The summed E-state index contributed by atoms with van der Waals surface area (Å²) in [5, 5.41) is 11.6. The second kappa shape index (κ2) is 15.9. The Morgan fingerprint density at radius 3 is 2.11 bits per heavy atom. The molecule has 2 saturated heterocycles. The number of unbranched alkanes of at least 4 members (excludes halogenated alkanes) is 2. The number of aliphatic hydroxyl groups is 1. The van der Waals surface area contributed by atoms with E-state index in [1.54, 1.807) is 14.2 Å². The number of carbonyl (C=O) groups is 1. The van der Waals surface area contributed by atoms with Crippen LogP contribution in [0, 0.1) is 0 Å². The van der Waals surface area contributed by atoms with Crippen LogP contribution in [0.25, 0.3) is 0 Å². The molecule has 5 rings (SSSR count). The van der Waals surface area contributed by atoms with Gasteiger partial charge in [0.1, 0.15) is 24.2 Å². The molecule has 46 heavy (non-hydrogen) atoms. The van der Waals surface area contributed by atoms with Gasteiger partial charge in [-0.2, -0.15) is 0 Å². The van der Waals surface area contributed by atoms with E-state index in [2.05, 4.69) is 29.2 Å². The van der Waals surface area contributed by atoms with E-state index in [1.165, 1.54) is 0 Å². The Hall–Kier alpha value is -3.47. The number of esters is 1. The number of carbonyl (C=O) groups excluding carboxylic acids is 1. The molecule has 2 aliphatic heterocycles. The highest BCUT2D eigenvalue weighted by Crippen LogP contribution is 2.39. The van der Waals surface area contributed by atoms with Crippen molar-refractivity contribution >= 4 is 5.97 Å². The van der Waals surface area contributed by atoms with Crippen molar-refractivity contribution in [1.82, 2.24) is 4.90 Å². The van der Waals surface area contributed by atoms with Crippen LogP contribution in [0.4, 0.5) is 0 Å². The van der Waals surface area contributed by atoms with E-state index in [1.807, 2.05) is 68.4 Å². The van der Waals surface area contributed by atoms with Gasteiger partial charge in [0.25, 0.3) is 0 Å². The van der Waals surface area contributed by atoms with Crippen molar-refractivity contribution in [2.45, 2.75) is 89.0 Å². The zero-order chi connectivity index (χ0) is 32.5. The molecular formula is C37H47NO8. The van der Waals surface area contributed by atoms with Gasteiger partial charge in [-0.25, -0.2) is 0 Å². The summed E-state index contributed by atoms with van der Waals surface area (Å²) in [5.74, 6) is 0.662. The number of hydrogen-bond donors (Lipinski definition) is 1. The van der Waals surface area contributed by atoms with E-state index >= 15 is 0 Å². The van der Waals surface area contributed by atoms with Crippen molar-refractivity contribution in [2.24, 2.45) is 0 Å². The summed E-state index contributed by atoms with van der Waals surface area (Å²) in [7, 11) is 3.31. The predicted molar refractivity (Wildman–Crippen MR) is 173 cm³/mol. The quantitative estimate of drug-likeness (QED) is 0.150. The molecule has 0 spiro atoms. The number of fused-ring (bicyclic) bond motifs is 1. The molecule has 0 radical (unpaired) electrons. The third kappa shape index (κ3) is 9.08. The first kappa shape index (κ1) is 33.9. The highest BCUT2D eigenvalue weighted by atomic mass is 16.8. The Kier molecular flexibility index (Phi) is 11.7. The molecule has 0 bridgehead atoms. The Balaban J connectivity index is 1.27. The fourth-order valence-electron chi connectivity index (χ4n) is 6.22. The van der Waals surface area contributed by atoms with Gasteiger partial charge in [-0.05, 0) is 74.2 Å². The molecule has 0 aliphatic carbocycles. The highest BCUT2D eigenvalue weighted by molar-refractivity contribution is 5.69. The maximum absolute atomic E-state index is 12.4. The van der Waals surface area contributed by atoms with E-state index in [4.69, 9.17) is 28.4 Å². The Morgan fingerprint density at radius 1 is 0.891 bits per heavy atom. The molecule has 9 heteroatoms. The zero-order valence-corrected chi connectivity index (χ0v) is 27.3. The lowest BCUT2D eigenvalue weighted by Gasteiger charge is -2.35. The summed E-state index contributed by atoms with van der Waals surface area (Å²) in [6.45, 7) is 5.10. The first-order chi connectivity index (χ1) is 22.2. The average molecular weight is 634 g/mol. The third-order valence-corrected chi connectivity index (χ3v) is 8.56. The Bertz CT molecular complexity index is 1300. The van der Waals surface area contributed by atoms with Gasteiger partial charge in [0.05, 0.1) is 32.5 Å². The molecule has 2 aliphatic rings. The largest absolute Gasteiger partial charge is 0.497 e. The monoisotopic (exact) mass is 633 g/mol. The smallest absolute Gasteiger partial charge is 0.306 e. The Morgan fingerprint density at radius 2 is 1.52 bits per heavy atom. The number of hydrogen-bond acceptors (Lipinski definition) is 9. The summed E-state index contributed by atoms with van der Waals surface area (Å²) in [5.41, 5.74) is 3.12. The van der Waals surface area contributed by atoms with Crippen LogP contribution < -0.4 is 9.47 Å². The molecular weight excluding hydrogens is 586 g/mol. The van der Waals surface area contributed by atoms with E-state index < -0.39 is 24.3 Å². The summed E-state index contributed by atoms with van der Waals surface area (Å²) >= 11 is 0. The summed E-state index contributed by atoms with van der Waals surface area (Å²) in [6, 6.07) is 25.6. The van der Waals surface area contributed by atoms with Crippen LogP contribution in [0.5, 0.6) is 11.5 Å². The number of ether oxygens (including phenoxy) is 6. The van der Waals surface area contributed by atoms with E-state index in [0.29, 0.717) is 25.9 Å². The van der Waals surface area contributed by atoms with Gasteiger partial charge in [0.2, 0.25) is 0 Å². The number of nitrogens with zero attached hydrogens (tertiary/aromatic N) is 1. The van der Waals surface area contributed by atoms with E-state index in [-0.39, 0.29) is 24.7 Å². The fourth-order valence-corrected chi connectivity index (χ4v) is 6.22. The van der Waals surface area contributed by atoms with Crippen LogP contribution in [-0.2, 0) is 30.3 Å². The first-order valence-corrected chi connectivity index (χ1v) is 16.2. The summed E-state index contributed by atoms with van der Waals surface area (Å²) in [6.07, 6.45) is 1.44. The van der Waals surface area contributed by atoms with E-state index in [9.17, 15) is 9.90 Å². The number of methoxy groups -OCH3 is 2. The molecule has 2 heterocycles. The number of benzene rings is 3. The fraction of sp³-hybridized carbons (Fsp3) is 0.486. The topological polar surface area (TPSA) is 95.9 Å². The minimum absolute atomic E-state index is 0.158. The first-order valence-electron chi connectivity index (χ1n) is 16.2. The lowest BCUT2D eigenvalue weighted by molar-refractivity contribution is -0.214. The molecule has 3 aromatic carbocycles. The molecule has 248 valence electrons. The molecule has 0 aromatic heterocycles. The normalized spacial score (nSPS) is 20.9. The molecule has 1 N–H and O–H groups in total. The maximum Gasteiger partial charge on any atom is 0.306 e. The van der Waals surface area contributed by atoms with Crippen molar-refractivity contribution in [3.05, 3.63) is 95.6 Å². The van der Waals surface area contributed by atoms with Gasteiger partial charge in [0, 0.05) is 19.4 Å². The zero-order valence-electron chi connectivity index (χ0n) is 27.3. The van der Waals surface area contributed by atoms with Crippen molar-refractivity contribution < 1.29 is 38.3 Å². The molecule has 4 atom stereocenters. The number of aliphatic hydroxyl groups excluding tert-OH is 1. The molecule has 2 fully saturated rings. The van der Waals surface area contributed by atoms with Gasteiger partial charge in [0.15, 0.2) is 12.1 Å². The molecule has 0 saturated carbocycles. The minimum atomic E-state index is -0.770. The van der Waals surface area contributed by atoms with Gasteiger partial charge in [-0.15, -0.1) is 0 Å². The minimum Gasteiger partial charge on any atom is -0.497 e. The van der Waals surface area contributed by atoms with Crippen LogP contribution in [0.1, 0.15) is 68.7 Å². The highest BCUT2D eigenvalue weighted by Gasteiger charge is 2.50. The predicted octanol–water partition coefficient (Wildman–Crippen LogP) is 6.03. The van der Waals surface area contributed by atoms with Crippen molar-refractivity contribution in [1.29, 1.82) is 0 Å². The SMILES string of the molecule is COc1ccc(C(c2ccc(OC)cc2)N(CCCCCC(=O)OCc2ccccc2)C[C@@H](O)[C@@H]2C[C@H]3OC(C)(C)O[C@H]3O2)cc1. The van der Waals surface area contributed by atoms with Crippen LogP contribution >= 0.6 is 0 Å². The van der Waals surface area contributed by atoms with Crippen LogP contribution in [-0.4, -0.2) is 73.7 Å². The lowest BCUT2D eigenvalue weighted by Crippen LogP contribution is -2.42. The van der Waals surface area contributed by atoms with Crippen molar-refractivity contribution in [3.63, 3.8) is 0 Å². The van der Waals surface area contributed by atoms with Crippen LogP contribution in [0.15, 0.2) is 78.9 Å². The molecule has 3 aromatic rings. The maximum atomic E-state index is 12.4. The number of rotatable bonds is 16. The van der Waals surface area contributed by atoms with Gasteiger partial charge in [-0.3, -0.25) is 9.69 Å². The van der Waals surface area contributed by atoms with Crippen molar-refractivity contribution in [2.75, 3.05) is 27.3 Å². The van der Waals surface area contributed by atoms with Gasteiger partial charge in [-0.1, -0.05) is 61.0 Å². The summed E-state index contributed by atoms with van der Waals surface area (Å²) in [4.78, 5) is 14.7. The standard InChI is InChI=1S/C37H47NO8/c1-37(2)45-33-23-32(44-36(33)46-37)31(39)24-38(22-10-6-9-13-34(40)43-25-26-11-7-5-8-12-26)35(27-14-18-29(41-3)19-15-27)28-16-20-30(42-4)21-17-28/h5,7-8,11-12,14-21,31-33,35-36,39H,6,9-10,13,22-25H2,1-4H3/t31-,32+,33-,36-/m1/s1. The van der Waals surface area contributed by atoms with E-state index in [0.717, 1.165) is 47.5 Å². The summed E-state index contributed by atoms with van der Waals surface area (Å²) < 4.78 is 34.4. The average Bonchev–Trinajstić information content (AvgIpc) is 3.58. The lowest BCUT2D eigenvalue weighted by atomic mass is 9.95. The molecule has 0 amide bonds. The third-order valence-electron chi connectivity index (χ3n) is 8.56. The molecule has 9 nitrogen and oxygen atoms in total. The van der Waals surface area contributed by atoms with Gasteiger partial charge < -0.3 is 33.5 Å². The van der Waals surface area contributed by atoms with Crippen LogP contribution in [0.3, 0.4) is 0 Å². The van der Waals surface area contributed by atoms with Crippen molar-refractivity contribution in [3.8, 4) is 11.5 Å². The second-order valence-electron chi connectivity index (χ2n) is 12.4. The van der Waals surface area contributed by atoms with Crippen LogP contribution in [0.2, 0.25) is 0 Å². The molecule has 0 unspecified atom stereocenters. The van der Waals surface area contributed by atoms with Gasteiger partial charge >= 0.3 is 5.97 Å². The second-order valence-corrected chi connectivity index (χ2v) is 12.4.